The van der Waals surface area contributed by atoms with Gasteiger partial charge in [0.1, 0.15) is 5.82 Å². The van der Waals surface area contributed by atoms with Crippen molar-refractivity contribution in [1.29, 1.82) is 0 Å². The molecule has 1 aliphatic heterocycles. The Morgan fingerprint density at radius 3 is 2.71 bits per heavy atom. The molecule has 7 nitrogen and oxygen atoms in total. The average molecular weight is 309 g/mol. The first kappa shape index (κ1) is 14.3. The van der Waals surface area contributed by atoms with Crippen LogP contribution in [0.2, 0.25) is 0 Å². The fraction of sp³-hybridized carbons (Fsp3) is 0.538. The first-order chi connectivity index (χ1) is 9.77. The van der Waals surface area contributed by atoms with Crippen LogP contribution in [-0.4, -0.2) is 59.3 Å². The Morgan fingerprint density at radius 2 is 2.05 bits per heavy atom. The normalized spacial score (nSPS) is 20.0. The van der Waals surface area contributed by atoms with Gasteiger partial charge in [-0.1, -0.05) is 0 Å². The number of sulfonamides is 1. The SMILES string of the molecule is CC1(C)CN(S(C)(=O)=O)CCN1c1cc2cn[nH]c2cn1. The van der Waals surface area contributed by atoms with E-state index >= 15 is 0 Å². The summed E-state index contributed by atoms with van der Waals surface area (Å²) in [5, 5.41) is 7.88. The van der Waals surface area contributed by atoms with Crippen molar-refractivity contribution in [1.82, 2.24) is 19.5 Å². The summed E-state index contributed by atoms with van der Waals surface area (Å²) in [5.41, 5.74) is 0.581. The van der Waals surface area contributed by atoms with E-state index in [1.165, 1.54) is 10.6 Å². The molecule has 0 bridgehead atoms. The molecule has 0 aromatic carbocycles. The van der Waals surface area contributed by atoms with E-state index in [0.717, 1.165) is 16.7 Å². The molecule has 21 heavy (non-hydrogen) atoms. The molecule has 0 atom stereocenters. The molecule has 3 rings (SSSR count). The Balaban J connectivity index is 1.92. The van der Waals surface area contributed by atoms with E-state index in [2.05, 4.69) is 20.1 Å². The van der Waals surface area contributed by atoms with Crippen LogP contribution >= 0.6 is 0 Å². The zero-order valence-corrected chi connectivity index (χ0v) is 13.2. The van der Waals surface area contributed by atoms with E-state index in [-0.39, 0.29) is 5.54 Å². The lowest BCUT2D eigenvalue weighted by atomic mass is 10.00. The fourth-order valence-electron chi connectivity index (χ4n) is 2.80. The van der Waals surface area contributed by atoms with Gasteiger partial charge in [0.05, 0.1) is 24.2 Å². The van der Waals surface area contributed by atoms with E-state index in [1.807, 2.05) is 19.9 Å². The summed E-state index contributed by atoms with van der Waals surface area (Å²) in [6.07, 6.45) is 4.78. The van der Waals surface area contributed by atoms with Crippen LogP contribution in [-0.2, 0) is 10.0 Å². The molecule has 114 valence electrons. The molecule has 2 aromatic heterocycles. The third-order valence-corrected chi connectivity index (χ3v) is 5.17. The van der Waals surface area contributed by atoms with Gasteiger partial charge in [-0.25, -0.2) is 13.4 Å². The van der Waals surface area contributed by atoms with Gasteiger partial charge in [-0.15, -0.1) is 0 Å². The molecule has 0 saturated carbocycles. The highest BCUT2D eigenvalue weighted by Crippen LogP contribution is 2.28. The number of piperazine rings is 1. The van der Waals surface area contributed by atoms with Crippen molar-refractivity contribution in [2.75, 3.05) is 30.8 Å². The van der Waals surface area contributed by atoms with Gasteiger partial charge >= 0.3 is 0 Å². The Labute approximate surface area is 124 Å². The Kier molecular flexibility index (Phi) is 3.18. The fourth-order valence-corrected chi connectivity index (χ4v) is 3.76. The number of anilines is 1. The van der Waals surface area contributed by atoms with Gasteiger partial charge in [0.2, 0.25) is 10.0 Å². The van der Waals surface area contributed by atoms with Crippen LogP contribution in [0.3, 0.4) is 0 Å². The summed E-state index contributed by atoms with van der Waals surface area (Å²) in [4.78, 5) is 6.63. The lowest BCUT2D eigenvalue weighted by Crippen LogP contribution is -2.60. The number of fused-ring (bicyclic) bond motifs is 1. The number of pyridine rings is 1. The Bertz CT molecular complexity index is 768. The van der Waals surface area contributed by atoms with Crippen molar-refractivity contribution in [3.05, 3.63) is 18.5 Å². The summed E-state index contributed by atoms with van der Waals surface area (Å²) in [5.74, 6) is 0.849. The van der Waals surface area contributed by atoms with Crippen molar-refractivity contribution in [2.24, 2.45) is 0 Å². The van der Waals surface area contributed by atoms with Gasteiger partial charge < -0.3 is 4.90 Å². The number of aromatic amines is 1. The summed E-state index contributed by atoms with van der Waals surface area (Å²) < 4.78 is 25.0. The van der Waals surface area contributed by atoms with Crippen LogP contribution in [0.4, 0.5) is 5.82 Å². The summed E-state index contributed by atoms with van der Waals surface area (Å²) in [6.45, 7) is 5.62. The standard InChI is InChI=1S/C13H19N5O2S/c1-13(2)9-17(21(3,19)20)4-5-18(13)12-6-10-7-15-16-11(10)8-14-12/h6-8H,4-5,9H2,1-3H3,(H,15,16). The first-order valence-electron chi connectivity index (χ1n) is 6.79. The smallest absolute Gasteiger partial charge is 0.211 e. The Hall–Kier alpha value is -1.67. The maximum Gasteiger partial charge on any atom is 0.211 e. The van der Waals surface area contributed by atoms with Gasteiger partial charge in [0, 0.05) is 30.6 Å². The molecule has 1 saturated heterocycles. The van der Waals surface area contributed by atoms with Crippen LogP contribution in [0.25, 0.3) is 10.9 Å². The largest absolute Gasteiger partial charge is 0.349 e. The second-order valence-corrected chi connectivity index (χ2v) is 8.04. The minimum atomic E-state index is -3.16. The van der Waals surface area contributed by atoms with E-state index in [0.29, 0.717) is 19.6 Å². The third-order valence-electron chi connectivity index (χ3n) is 3.92. The molecular formula is C13H19N5O2S. The molecule has 1 fully saturated rings. The molecule has 0 amide bonds. The average Bonchev–Trinajstić information content (AvgIpc) is 2.83. The van der Waals surface area contributed by atoms with Crippen LogP contribution in [0.15, 0.2) is 18.5 Å². The van der Waals surface area contributed by atoms with Gasteiger partial charge in [0.25, 0.3) is 0 Å². The predicted octanol–water partition coefficient (Wildman–Crippen LogP) is 0.818. The van der Waals surface area contributed by atoms with Gasteiger partial charge in [-0.2, -0.15) is 9.40 Å². The van der Waals surface area contributed by atoms with Crippen LogP contribution < -0.4 is 4.90 Å². The van der Waals surface area contributed by atoms with E-state index < -0.39 is 10.0 Å². The number of aromatic nitrogens is 3. The zero-order chi connectivity index (χ0) is 15.3. The minimum absolute atomic E-state index is 0.314. The van der Waals surface area contributed by atoms with Crippen molar-refractivity contribution >= 4 is 26.7 Å². The zero-order valence-electron chi connectivity index (χ0n) is 12.4. The van der Waals surface area contributed by atoms with Gasteiger partial charge in [-0.05, 0) is 19.9 Å². The van der Waals surface area contributed by atoms with Crippen LogP contribution in [0.5, 0.6) is 0 Å². The molecule has 8 heteroatoms. The topological polar surface area (TPSA) is 82.2 Å². The quantitative estimate of drug-likeness (QED) is 0.888. The first-order valence-corrected chi connectivity index (χ1v) is 8.64. The number of nitrogens with one attached hydrogen (secondary N) is 1. The van der Waals surface area contributed by atoms with Gasteiger partial charge in [-0.3, -0.25) is 5.10 Å². The highest BCUT2D eigenvalue weighted by Gasteiger charge is 2.37. The van der Waals surface area contributed by atoms with Gasteiger partial charge in [0.15, 0.2) is 0 Å². The van der Waals surface area contributed by atoms with E-state index in [1.54, 1.807) is 12.4 Å². The number of H-pyrrole nitrogens is 1. The summed E-state index contributed by atoms with van der Waals surface area (Å²) >= 11 is 0. The molecule has 0 spiro atoms. The molecule has 0 aliphatic carbocycles. The highest BCUT2D eigenvalue weighted by atomic mass is 32.2. The predicted molar refractivity (Wildman–Crippen MR) is 81.7 cm³/mol. The molecule has 0 radical (unpaired) electrons. The number of hydrogen-bond acceptors (Lipinski definition) is 5. The highest BCUT2D eigenvalue weighted by molar-refractivity contribution is 7.88. The molecule has 1 N–H and O–H groups in total. The number of hydrogen-bond donors (Lipinski definition) is 1. The molecule has 1 aliphatic rings. The molecule has 2 aromatic rings. The van der Waals surface area contributed by atoms with Crippen molar-refractivity contribution in [3.8, 4) is 0 Å². The lowest BCUT2D eigenvalue weighted by molar-refractivity contribution is 0.273. The maximum atomic E-state index is 11.7. The second-order valence-electron chi connectivity index (χ2n) is 6.06. The monoisotopic (exact) mass is 309 g/mol. The third kappa shape index (κ3) is 2.60. The van der Waals surface area contributed by atoms with Crippen LogP contribution in [0.1, 0.15) is 13.8 Å². The summed E-state index contributed by atoms with van der Waals surface area (Å²) in [7, 11) is -3.16. The second kappa shape index (κ2) is 4.67. The van der Waals surface area contributed by atoms with Crippen molar-refractivity contribution in [2.45, 2.75) is 19.4 Å². The lowest BCUT2D eigenvalue weighted by Gasteiger charge is -2.46. The van der Waals surface area contributed by atoms with Crippen LogP contribution in [0, 0.1) is 0 Å². The molecular weight excluding hydrogens is 290 g/mol. The van der Waals surface area contributed by atoms with Crippen molar-refractivity contribution in [3.63, 3.8) is 0 Å². The number of rotatable bonds is 2. The maximum absolute atomic E-state index is 11.7. The van der Waals surface area contributed by atoms with E-state index in [9.17, 15) is 8.42 Å². The molecule has 0 unspecified atom stereocenters. The minimum Gasteiger partial charge on any atom is -0.349 e. The van der Waals surface area contributed by atoms with E-state index in [4.69, 9.17) is 0 Å². The molecule has 3 heterocycles. The number of nitrogens with zero attached hydrogens (tertiary/aromatic N) is 4. The summed E-state index contributed by atoms with van der Waals surface area (Å²) in [6, 6.07) is 1.98. The van der Waals surface area contributed by atoms with Crippen molar-refractivity contribution < 1.29 is 8.42 Å². The Morgan fingerprint density at radius 1 is 1.29 bits per heavy atom.